The number of hydrogen-bond donors (Lipinski definition) is 3. The van der Waals surface area contributed by atoms with E-state index < -0.39 is 0 Å². The maximum Gasteiger partial charge on any atom is 0.239 e. The van der Waals surface area contributed by atoms with Gasteiger partial charge in [0, 0.05) is 19.8 Å². The monoisotopic (exact) mass is 237 g/mol. The molecule has 2 amide bonds. The molecule has 2 heterocycles. The van der Waals surface area contributed by atoms with Crippen LogP contribution in [-0.2, 0) is 23.2 Å². The molecule has 1 aliphatic heterocycles. The molecule has 1 fully saturated rings. The van der Waals surface area contributed by atoms with Gasteiger partial charge in [-0.1, -0.05) is 0 Å². The Labute approximate surface area is 98.6 Å². The van der Waals surface area contributed by atoms with Crippen LogP contribution in [0.3, 0.4) is 0 Å². The van der Waals surface area contributed by atoms with Gasteiger partial charge in [0.1, 0.15) is 6.04 Å². The van der Waals surface area contributed by atoms with E-state index in [1.54, 1.807) is 4.68 Å². The molecule has 1 aromatic heterocycles. The predicted octanol–water partition coefficient (Wildman–Crippen LogP) is -1.88. The highest BCUT2D eigenvalue weighted by molar-refractivity contribution is 5.86. The molecule has 2 rings (SSSR count). The summed E-state index contributed by atoms with van der Waals surface area (Å²) >= 11 is 0. The molecule has 1 saturated heterocycles. The van der Waals surface area contributed by atoms with E-state index in [1.165, 1.54) is 0 Å². The van der Waals surface area contributed by atoms with Crippen LogP contribution in [-0.4, -0.2) is 40.7 Å². The van der Waals surface area contributed by atoms with Gasteiger partial charge in [-0.25, -0.2) is 0 Å². The second-order valence-electron chi connectivity index (χ2n) is 3.94. The number of carbonyl (C=O) groups excluding carboxylic acids is 2. The summed E-state index contributed by atoms with van der Waals surface area (Å²) in [6.07, 6.45) is 1.82. The van der Waals surface area contributed by atoms with Gasteiger partial charge in [-0.15, -0.1) is 0 Å². The first kappa shape index (κ1) is 11.6. The molecule has 1 unspecified atom stereocenters. The van der Waals surface area contributed by atoms with Gasteiger partial charge in [-0.3, -0.25) is 19.6 Å². The lowest BCUT2D eigenvalue weighted by atomic mass is 10.2. The van der Waals surface area contributed by atoms with Crippen LogP contribution < -0.4 is 16.0 Å². The largest absolute Gasteiger partial charge is 0.353 e. The van der Waals surface area contributed by atoms with Gasteiger partial charge in [0.15, 0.2) is 0 Å². The van der Waals surface area contributed by atoms with Gasteiger partial charge in [-0.05, 0) is 6.07 Å². The second kappa shape index (κ2) is 4.96. The number of rotatable bonds is 3. The van der Waals surface area contributed by atoms with Crippen molar-refractivity contribution in [3.8, 4) is 0 Å². The Morgan fingerprint density at radius 1 is 1.71 bits per heavy atom. The van der Waals surface area contributed by atoms with E-state index in [4.69, 9.17) is 0 Å². The molecule has 1 atom stereocenters. The molecule has 7 nitrogen and oxygen atoms in total. The molecule has 0 radical (unpaired) electrons. The quantitative estimate of drug-likeness (QED) is 0.574. The van der Waals surface area contributed by atoms with E-state index in [0.717, 1.165) is 5.69 Å². The van der Waals surface area contributed by atoms with Gasteiger partial charge >= 0.3 is 0 Å². The predicted molar refractivity (Wildman–Crippen MR) is 59.9 cm³/mol. The van der Waals surface area contributed by atoms with Gasteiger partial charge in [-0.2, -0.15) is 5.10 Å². The smallest absolute Gasteiger partial charge is 0.239 e. The lowest BCUT2D eigenvalue weighted by molar-refractivity contribution is -0.126. The third-order valence-corrected chi connectivity index (χ3v) is 2.54. The van der Waals surface area contributed by atoms with Gasteiger partial charge in [0.05, 0.1) is 18.8 Å². The van der Waals surface area contributed by atoms with Crippen LogP contribution >= 0.6 is 0 Å². The fraction of sp³-hybridized carbons (Fsp3) is 0.500. The Kier molecular flexibility index (Phi) is 3.38. The van der Waals surface area contributed by atoms with Crippen molar-refractivity contribution in [1.29, 1.82) is 0 Å². The number of carbonyl (C=O) groups is 2. The number of piperazine rings is 1. The number of hydrogen-bond acceptors (Lipinski definition) is 4. The Balaban J connectivity index is 1.79. The van der Waals surface area contributed by atoms with Crippen LogP contribution in [0, 0.1) is 0 Å². The van der Waals surface area contributed by atoms with Crippen LogP contribution in [0.15, 0.2) is 12.3 Å². The highest BCUT2D eigenvalue weighted by Gasteiger charge is 2.23. The molecule has 1 aliphatic rings. The average Bonchev–Trinajstić information content (AvgIpc) is 2.73. The first-order valence-electron chi connectivity index (χ1n) is 5.41. The minimum Gasteiger partial charge on any atom is -0.353 e. The Bertz CT molecular complexity index is 418. The van der Waals surface area contributed by atoms with Crippen LogP contribution in [0.25, 0.3) is 0 Å². The Morgan fingerprint density at radius 3 is 3.12 bits per heavy atom. The van der Waals surface area contributed by atoms with Crippen molar-refractivity contribution in [2.75, 3.05) is 13.1 Å². The van der Waals surface area contributed by atoms with Crippen molar-refractivity contribution in [2.45, 2.75) is 12.6 Å². The third-order valence-electron chi connectivity index (χ3n) is 2.54. The van der Waals surface area contributed by atoms with Crippen LogP contribution in [0.2, 0.25) is 0 Å². The molecule has 0 saturated carbocycles. The highest BCUT2D eigenvalue weighted by Crippen LogP contribution is 1.94. The molecule has 92 valence electrons. The van der Waals surface area contributed by atoms with Gasteiger partial charge < -0.3 is 10.6 Å². The summed E-state index contributed by atoms with van der Waals surface area (Å²) in [5.41, 5.74) is 0.806. The van der Waals surface area contributed by atoms with Crippen molar-refractivity contribution >= 4 is 11.8 Å². The summed E-state index contributed by atoms with van der Waals surface area (Å²) in [5, 5.41) is 12.4. The maximum absolute atomic E-state index is 11.7. The van der Waals surface area contributed by atoms with Crippen LogP contribution in [0.5, 0.6) is 0 Å². The first-order valence-corrected chi connectivity index (χ1v) is 5.41. The number of aryl methyl sites for hydroxylation is 1. The lowest BCUT2D eigenvalue weighted by Crippen LogP contribution is -2.57. The zero-order chi connectivity index (χ0) is 12.3. The van der Waals surface area contributed by atoms with Gasteiger partial charge in [0.2, 0.25) is 11.8 Å². The number of aromatic nitrogens is 2. The molecule has 1 aromatic rings. The van der Waals surface area contributed by atoms with E-state index in [-0.39, 0.29) is 24.4 Å². The zero-order valence-electron chi connectivity index (χ0n) is 9.56. The van der Waals surface area contributed by atoms with E-state index in [9.17, 15) is 9.59 Å². The molecular weight excluding hydrogens is 222 g/mol. The summed E-state index contributed by atoms with van der Waals surface area (Å²) < 4.78 is 1.68. The minimum absolute atomic E-state index is 0.0845. The normalized spacial score (nSPS) is 19.8. The fourth-order valence-electron chi connectivity index (χ4n) is 1.61. The summed E-state index contributed by atoms with van der Waals surface area (Å²) in [5.74, 6) is -0.213. The number of amides is 2. The zero-order valence-corrected chi connectivity index (χ0v) is 9.56. The van der Waals surface area contributed by atoms with Crippen LogP contribution in [0.4, 0.5) is 0 Å². The standard InChI is InChI=1S/C10H15N5O2/c1-15-3-2-7(14-15)4-13-10(17)8-5-12-9(16)6-11-8/h2-3,8,11H,4-6H2,1H3,(H,12,16)(H,13,17). The molecule has 0 aliphatic carbocycles. The summed E-state index contributed by atoms with van der Waals surface area (Å²) in [6.45, 7) is 0.903. The Morgan fingerprint density at radius 2 is 2.53 bits per heavy atom. The van der Waals surface area contributed by atoms with Crippen molar-refractivity contribution in [2.24, 2.45) is 7.05 Å². The van der Waals surface area contributed by atoms with E-state index in [1.807, 2.05) is 19.3 Å². The second-order valence-corrected chi connectivity index (χ2v) is 3.94. The van der Waals surface area contributed by atoms with E-state index in [2.05, 4.69) is 21.0 Å². The summed E-state index contributed by atoms with van der Waals surface area (Å²) in [7, 11) is 1.82. The average molecular weight is 237 g/mol. The summed E-state index contributed by atoms with van der Waals surface area (Å²) in [4.78, 5) is 22.6. The molecule has 3 N–H and O–H groups in total. The van der Waals surface area contributed by atoms with Crippen molar-refractivity contribution < 1.29 is 9.59 Å². The molecule has 0 bridgehead atoms. The van der Waals surface area contributed by atoms with Crippen molar-refractivity contribution in [3.05, 3.63) is 18.0 Å². The SMILES string of the molecule is Cn1ccc(CNC(=O)C2CNC(=O)CN2)n1. The maximum atomic E-state index is 11.7. The van der Waals surface area contributed by atoms with E-state index in [0.29, 0.717) is 13.1 Å². The molecule has 0 spiro atoms. The highest BCUT2D eigenvalue weighted by atomic mass is 16.2. The van der Waals surface area contributed by atoms with Gasteiger partial charge in [0.25, 0.3) is 0 Å². The van der Waals surface area contributed by atoms with Crippen molar-refractivity contribution in [3.63, 3.8) is 0 Å². The topological polar surface area (TPSA) is 88.0 Å². The summed E-state index contributed by atoms with van der Waals surface area (Å²) in [6, 6.07) is 1.48. The third kappa shape index (κ3) is 3.04. The van der Waals surface area contributed by atoms with E-state index >= 15 is 0 Å². The Hall–Kier alpha value is -1.89. The number of nitrogens with zero attached hydrogens (tertiary/aromatic N) is 2. The lowest BCUT2D eigenvalue weighted by Gasteiger charge is -2.22. The molecular formula is C10H15N5O2. The fourth-order valence-corrected chi connectivity index (χ4v) is 1.61. The van der Waals surface area contributed by atoms with Crippen molar-refractivity contribution in [1.82, 2.24) is 25.7 Å². The molecule has 0 aromatic carbocycles. The number of nitrogens with one attached hydrogen (secondary N) is 3. The molecule has 17 heavy (non-hydrogen) atoms. The minimum atomic E-state index is -0.364. The molecule has 7 heteroatoms. The van der Waals surface area contributed by atoms with Crippen LogP contribution in [0.1, 0.15) is 5.69 Å². The first-order chi connectivity index (χ1) is 8.15.